The van der Waals surface area contributed by atoms with Gasteiger partial charge in [-0.2, -0.15) is 0 Å². The van der Waals surface area contributed by atoms with Crippen LogP contribution in [0.3, 0.4) is 0 Å². The third kappa shape index (κ3) is 2.52. The molecule has 0 spiro atoms. The van der Waals surface area contributed by atoms with Crippen molar-refractivity contribution in [2.24, 2.45) is 0 Å². The Morgan fingerprint density at radius 2 is 2.13 bits per heavy atom. The van der Waals surface area contributed by atoms with E-state index in [-0.39, 0.29) is 5.75 Å². The second kappa shape index (κ2) is 3.79. The standard InChI is InChI=1S/C8H7INO4P/c9-5-1-2-7-6(3-5)8(4-10-7)14-15(11,12)13/h1-4,10H,(H2,11,12,13). The Kier molecular flexibility index (Phi) is 2.76. The smallest absolute Gasteiger partial charge is 0.402 e. The predicted octanol–water partition coefficient (Wildman–Crippen LogP) is 2.24. The first-order valence-electron chi connectivity index (χ1n) is 3.97. The monoisotopic (exact) mass is 339 g/mol. The van der Waals surface area contributed by atoms with Crippen molar-refractivity contribution in [2.45, 2.75) is 0 Å². The number of hydrogen-bond acceptors (Lipinski definition) is 2. The highest BCUT2D eigenvalue weighted by Crippen LogP contribution is 2.40. The summed E-state index contributed by atoms with van der Waals surface area (Å²) in [6, 6.07) is 5.50. The van der Waals surface area contributed by atoms with Crippen molar-refractivity contribution in [1.29, 1.82) is 0 Å². The van der Waals surface area contributed by atoms with Crippen LogP contribution in [0.5, 0.6) is 5.75 Å². The number of rotatable bonds is 2. The molecule has 0 aliphatic rings. The summed E-state index contributed by atoms with van der Waals surface area (Å²) in [5.74, 6) is 0.164. The summed E-state index contributed by atoms with van der Waals surface area (Å²) in [5.41, 5.74) is 0.777. The maximum absolute atomic E-state index is 10.7. The molecule has 5 nitrogen and oxygen atoms in total. The first kappa shape index (κ1) is 10.9. The van der Waals surface area contributed by atoms with Crippen molar-refractivity contribution in [2.75, 3.05) is 0 Å². The molecule has 0 radical (unpaired) electrons. The van der Waals surface area contributed by atoms with Gasteiger partial charge in [-0.3, -0.25) is 9.79 Å². The van der Waals surface area contributed by atoms with Gasteiger partial charge >= 0.3 is 7.82 Å². The minimum absolute atomic E-state index is 0.164. The van der Waals surface area contributed by atoms with Crippen LogP contribution in [0, 0.1) is 3.57 Å². The van der Waals surface area contributed by atoms with Crippen molar-refractivity contribution >= 4 is 41.3 Å². The highest BCUT2D eigenvalue weighted by molar-refractivity contribution is 14.1. The molecule has 2 rings (SSSR count). The third-order valence-corrected chi connectivity index (χ3v) is 2.93. The van der Waals surface area contributed by atoms with E-state index in [9.17, 15) is 4.57 Å². The van der Waals surface area contributed by atoms with Gasteiger partial charge in [-0.15, -0.1) is 0 Å². The molecule has 0 bridgehead atoms. The molecule has 0 fully saturated rings. The van der Waals surface area contributed by atoms with E-state index in [1.165, 1.54) is 6.20 Å². The van der Waals surface area contributed by atoms with Crippen molar-refractivity contribution in [3.8, 4) is 5.75 Å². The fourth-order valence-corrected chi connectivity index (χ4v) is 2.17. The molecule has 1 aromatic heterocycles. The molecular weight excluding hydrogens is 332 g/mol. The van der Waals surface area contributed by atoms with Gasteiger partial charge in [-0.25, -0.2) is 4.57 Å². The molecule has 0 atom stereocenters. The van der Waals surface area contributed by atoms with Crippen LogP contribution in [0.15, 0.2) is 24.4 Å². The summed E-state index contributed by atoms with van der Waals surface area (Å²) in [7, 11) is -4.50. The van der Waals surface area contributed by atoms with E-state index < -0.39 is 7.82 Å². The Morgan fingerprint density at radius 1 is 1.40 bits per heavy atom. The van der Waals surface area contributed by atoms with Crippen LogP contribution in [0.2, 0.25) is 0 Å². The van der Waals surface area contributed by atoms with Gasteiger partial charge in [0.05, 0.1) is 0 Å². The second-order valence-electron chi connectivity index (χ2n) is 2.92. The lowest BCUT2D eigenvalue weighted by molar-refractivity contribution is 0.284. The van der Waals surface area contributed by atoms with E-state index in [4.69, 9.17) is 9.79 Å². The number of H-pyrrole nitrogens is 1. The molecule has 0 aliphatic heterocycles. The Hall–Kier alpha value is -0.560. The van der Waals surface area contributed by atoms with Gasteiger partial charge in [0.2, 0.25) is 0 Å². The summed E-state index contributed by atoms with van der Waals surface area (Å²) < 4.78 is 16.2. The van der Waals surface area contributed by atoms with E-state index in [2.05, 4.69) is 32.1 Å². The summed E-state index contributed by atoms with van der Waals surface area (Å²) >= 11 is 2.12. The van der Waals surface area contributed by atoms with Gasteiger partial charge in [-0.05, 0) is 40.8 Å². The number of hydrogen-bond donors (Lipinski definition) is 3. The minimum atomic E-state index is -4.50. The Labute approximate surface area is 98.8 Å². The summed E-state index contributed by atoms with van der Waals surface area (Å²) in [6.45, 7) is 0. The van der Waals surface area contributed by atoms with Crippen LogP contribution in [0.1, 0.15) is 0 Å². The van der Waals surface area contributed by atoms with Gasteiger partial charge in [0, 0.05) is 20.7 Å². The van der Waals surface area contributed by atoms with Gasteiger partial charge in [0.1, 0.15) is 0 Å². The predicted molar refractivity (Wildman–Crippen MR) is 63.7 cm³/mol. The topological polar surface area (TPSA) is 82.6 Å². The maximum atomic E-state index is 10.7. The van der Waals surface area contributed by atoms with Crippen molar-refractivity contribution < 1.29 is 18.9 Å². The lowest BCUT2D eigenvalue weighted by Gasteiger charge is -2.04. The van der Waals surface area contributed by atoms with Crippen molar-refractivity contribution in [3.63, 3.8) is 0 Å². The first-order valence-corrected chi connectivity index (χ1v) is 6.58. The molecule has 3 N–H and O–H groups in total. The highest BCUT2D eigenvalue weighted by Gasteiger charge is 2.18. The fourth-order valence-electron chi connectivity index (χ4n) is 1.27. The highest BCUT2D eigenvalue weighted by atomic mass is 127. The first-order chi connectivity index (χ1) is 6.96. The maximum Gasteiger partial charge on any atom is 0.524 e. The van der Waals surface area contributed by atoms with Crippen LogP contribution < -0.4 is 4.52 Å². The lowest BCUT2D eigenvalue weighted by Crippen LogP contribution is -1.88. The number of halogens is 1. The van der Waals surface area contributed by atoms with Crippen LogP contribution in [0.25, 0.3) is 10.9 Å². The molecule has 7 heteroatoms. The molecule has 15 heavy (non-hydrogen) atoms. The zero-order valence-electron chi connectivity index (χ0n) is 7.35. The van der Waals surface area contributed by atoms with Gasteiger partial charge in [0.25, 0.3) is 0 Å². The number of phosphoric acid groups is 1. The summed E-state index contributed by atoms with van der Waals surface area (Å²) in [6.07, 6.45) is 1.43. The van der Waals surface area contributed by atoms with Crippen LogP contribution >= 0.6 is 30.4 Å². The molecule has 0 amide bonds. The molecule has 2 aromatic rings. The van der Waals surface area contributed by atoms with E-state index in [1.54, 1.807) is 6.07 Å². The Morgan fingerprint density at radius 3 is 2.80 bits per heavy atom. The van der Waals surface area contributed by atoms with Gasteiger partial charge in [0.15, 0.2) is 5.75 Å². The summed E-state index contributed by atoms with van der Waals surface area (Å²) in [4.78, 5) is 20.2. The van der Waals surface area contributed by atoms with E-state index in [0.29, 0.717) is 5.39 Å². The van der Waals surface area contributed by atoms with E-state index >= 15 is 0 Å². The number of fused-ring (bicyclic) bond motifs is 1. The average Bonchev–Trinajstić information content (AvgIpc) is 2.46. The summed E-state index contributed by atoms with van der Waals surface area (Å²) in [5, 5.41) is 0.658. The molecule has 0 saturated carbocycles. The van der Waals surface area contributed by atoms with Gasteiger partial charge < -0.3 is 9.51 Å². The number of benzene rings is 1. The molecule has 0 aliphatic carbocycles. The van der Waals surface area contributed by atoms with E-state index in [1.807, 2.05) is 12.1 Å². The number of aromatic amines is 1. The largest absolute Gasteiger partial charge is 0.524 e. The zero-order chi connectivity index (χ0) is 11.1. The van der Waals surface area contributed by atoms with Crippen molar-refractivity contribution in [1.82, 2.24) is 4.98 Å². The number of nitrogens with one attached hydrogen (secondary N) is 1. The normalized spacial score (nSPS) is 11.9. The van der Waals surface area contributed by atoms with Crippen LogP contribution in [-0.2, 0) is 4.57 Å². The fraction of sp³-hybridized carbons (Fsp3) is 0. The Bertz CT molecular complexity index is 547. The van der Waals surface area contributed by atoms with Crippen LogP contribution in [0.4, 0.5) is 0 Å². The molecular formula is C8H7INO4P. The third-order valence-electron chi connectivity index (χ3n) is 1.82. The van der Waals surface area contributed by atoms with Gasteiger partial charge in [-0.1, -0.05) is 0 Å². The molecule has 0 saturated heterocycles. The quantitative estimate of drug-likeness (QED) is 0.579. The second-order valence-corrected chi connectivity index (χ2v) is 5.33. The minimum Gasteiger partial charge on any atom is -0.402 e. The molecule has 0 unspecified atom stereocenters. The lowest BCUT2D eigenvalue weighted by atomic mass is 10.2. The molecule has 80 valence electrons. The average molecular weight is 339 g/mol. The van der Waals surface area contributed by atoms with Crippen LogP contribution in [-0.4, -0.2) is 14.8 Å². The molecule has 1 aromatic carbocycles. The van der Waals surface area contributed by atoms with E-state index in [0.717, 1.165) is 9.09 Å². The van der Waals surface area contributed by atoms with Crippen molar-refractivity contribution in [3.05, 3.63) is 28.0 Å². The SMILES string of the molecule is O=P(O)(O)Oc1c[nH]c2ccc(I)cc12. The number of aromatic nitrogens is 1. The number of phosphoric ester groups is 1. The zero-order valence-corrected chi connectivity index (χ0v) is 10.4. The molecule has 1 heterocycles. The Balaban J connectivity index is 2.53.